The number of nitrogens with one attached hydrogen (secondary N) is 1. The number of aliphatic hydroxyl groups is 1. The number of halogens is 3. The van der Waals surface area contributed by atoms with E-state index in [9.17, 15) is 19.1 Å². The van der Waals surface area contributed by atoms with Crippen LogP contribution >= 0.6 is 23.2 Å². The molecule has 36 heavy (non-hydrogen) atoms. The van der Waals surface area contributed by atoms with Gasteiger partial charge in [0.25, 0.3) is 11.8 Å². The highest BCUT2D eigenvalue weighted by atomic mass is 35.5. The minimum absolute atomic E-state index is 0.0409. The minimum atomic E-state index is -0.650. The number of carbonyl (C=O) groups excluding carboxylic acids is 2. The van der Waals surface area contributed by atoms with Gasteiger partial charge in [-0.05, 0) is 49.2 Å². The van der Waals surface area contributed by atoms with E-state index in [-0.39, 0.29) is 51.5 Å². The number of nitrogens with two attached hydrogens (primary N) is 1. The van der Waals surface area contributed by atoms with E-state index >= 15 is 0 Å². The van der Waals surface area contributed by atoms with Crippen LogP contribution in [0.4, 0.5) is 15.9 Å². The van der Waals surface area contributed by atoms with Crippen LogP contribution in [0.3, 0.4) is 0 Å². The van der Waals surface area contributed by atoms with Crippen molar-refractivity contribution >= 4 is 46.5 Å². The van der Waals surface area contributed by atoms with Gasteiger partial charge in [-0.1, -0.05) is 23.2 Å². The summed E-state index contributed by atoms with van der Waals surface area (Å²) in [6.45, 7) is 0.782. The fraction of sp³-hybridized carbons (Fsp3) is 0.250. The van der Waals surface area contributed by atoms with Crippen molar-refractivity contribution in [1.29, 1.82) is 0 Å². The van der Waals surface area contributed by atoms with Gasteiger partial charge in [0.2, 0.25) is 0 Å². The molecule has 4 N–H and O–H groups in total. The standard InChI is InChI=1S/C24H22Cl2FN5O4/c25-17-5-6-18(27)21(26)16(17)12-36-20-11-19(30-31-22(20)28)23(34)29-14-3-1-13(2-4-14)24(35)32-9-7-15(33)8-10-32/h1-6,11,15,33H,7-10,12H2,(H2,28,31)(H,29,34). The fourth-order valence-electron chi connectivity index (χ4n) is 3.60. The Morgan fingerprint density at radius 2 is 1.83 bits per heavy atom. The van der Waals surface area contributed by atoms with E-state index in [0.29, 0.717) is 37.2 Å². The van der Waals surface area contributed by atoms with Crippen molar-refractivity contribution in [3.63, 3.8) is 0 Å². The minimum Gasteiger partial charge on any atom is -0.485 e. The highest BCUT2D eigenvalue weighted by Gasteiger charge is 2.22. The third kappa shape index (κ3) is 5.84. The van der Waals surface area contributed by atoms with Crippen molar-refractivity contribution in [2.45, 2.75) is 25.6 Å². The van der Waals surface area contributed by atoms with Crippen LogP contribution in [-0.4, -0.2) is 51.2 Å². The second-order valence-corrected chi connectivity index (χ2v) is 8.93. The van der Waals surface area contributed by atoms with Gasteiger partial charge in [-0.25, -0.2) is 4.39 Å². The van der Waals surface area contributed by atoms with E-state index in [2.05, 4.69) is 15.5 Å². The molecule has 3 aromatic rings. The summed E-state index contributed by atoms with van der Waals surface area (Å²) in [7, 11) is 0. The number of nitrogen functional groups attached to an aromatic ring is 1. The predicted molar refractivity (Wildman–Crippen MR) is 133 cm³/mol. The summed E-state index contributed by atoms with van der Waals surface area (Å²) < 4.78 is 19.3. The molecule has 0 unspecified atom stereocenters. The monoisotopic (exact) mass is 533 g/mol. The van der Waals surface area contributed by atoms with Crippen LogP contribution in [0.2, 0.25) is 10.0 Å². The Balaban J connectivity index is 1.41. The summed E-state index contributed by atoms with van der Waals surface area (Å²) in [6.07, 6.45) is 0.735. The molecule has 9 nitrogen and oxygen atoms in total. The number of hydrogen-bond acceptors (Lipinski definition) is 7. The van der Waals surface area contributed by atoms with Crippen molar-refractivity contribution in [3.8, 4) is 5.75 Å². The number of aromatic nitrogens is 2. The van der Waals surface area contributed by atoms with Gasteiger partial charge < -0.3 is 25.8 Å². The Morgan fingerprint density at radius 1 is 1.14 bits per heavy atom. The summed E-state index contributed by atoms with van der Waals surface area (Å²) in [6, 6.07) is 10.2. The first kappa shape index (κ1) is 25.6. The number of anilines is 2. The molecule has 0 bridgehead atoms. The second kappa shape index (κ2) is 11.1. The number of nitrogens with zero attached hydrogens (tertiary/aromatic N) is 3. The molecular formula is C24H22Cl2FN5O4. The Kier molecular flexibility index (Phi) is 7.88. The molecule has 188 valence electrons. The number of hydrogen-bond donors (Lipinski definition) is 3. The first-order valence-corrected chi connectivity index (χ1v) is 11.8. The first-order chi connectivity index (χ1) is 17.2. The van der Waals surface area contributed by atoms with Crippen LogP contribution in [0, 0.1) is 5.82 Å². The third-order valence-corrected chi connectivity index (χ3v) is 6.43. The zero-order chi connectivity index (χ0) is 25.8. The lowest BCUT2D eigenvalue weighted by Crippen LogP contribution is -2.40. The predicted octanol–water partition coefficient (Wildman–Crippen LogP) is 3.93. The number of amides is 2. The second-order valence-electron chi connectivity index (χ2n) is 8.14. The molecule has 1 aromatic heterocycles. The molecule has 12 heteroatoms. The highest BCUT2D eigenvalue weighted by Crippen LogP contribution is 2.29. The molecular weight excluding hydrogens is 512 g/mol. The lowest BCUT2D eigenvalue weighted by molar-refractivity contribution is 0.0546. The van der Waals surface area contributed by atoms with Gasteiger partial charge in [-0.15, -0.1) is 10.2 Å². The largest absolute Gasteiger partial charge is 0.485 e. The maximum absolute atomic E-state index is 13.7. The summed E-state index contributed by atoms with van der Waals surface area (Å²) in [5, 5.41) is 19.8. The van der Waals surface area contributed by atoms with E-state index in [4.69, 9.17) is 33.7 Å². The number of likely N-dealkylation sites (tertiary alicyclic amines) is 1. The third-order valence-electron chi connectivity index (χ3n) is 5.67. The van der Waals surface area contributed by atoms with E-state index in [0.717, 1.165) is 6.07 Å². The average molecular weight is 534 g/mol. The molecule has 0 saturated carbocycles. The van der Waals surface area contributed by atoms with Crippen LogP contribution in [0.15, 0.2) is 42.5 Å². The number of carbonyl (C=O) groups is 2. The summed E-state index contributed by atoms with van der Waals surface area (Å²) in [5.41, 5.74) is 6.85. The zero-order valence-corrected chi connectivity index (χ0v) is 20.4. The highest BCUT2D eigenvalue weighted by molar-refractivity contribution is 6.36. The quantitative estimate of drug-likeness (QED) is 0.409. The van der Waals surface area contributed by atoms with Gasteiger partial charge in [0, 0.05) is 41.0 Å². The topological polar surface area (TPSA) is 131 Å². The maximum Gasteiger partial charge on any atom is 0.276 e. The van der Waals surface area contributed by atoms with E-state index in [1.165, 1.54) is 12.1 Å². The normalized spacial score (nSPS) is 13.9. The van der Waals surface area contributed by atoms with Gasteiger partial charge >= 0.3 is 0 Å². The number of aliphatic hydroxyl groups excluding tert-OH is 1. The summed E-state index contributed by atoms with van der Waals surface area (Å²) in [4.78, 5) is 27.0. The molecule has 0 atom stereocenters. The van der Waals surface area contributed by atoms with Gasteiger partial charge in [0.1, 0.15) is 12.4 Å². The number of benzene rings is 2. The SMILES string of the molecule is Nc1nnc(C(=O)Nc2ccc(C(=O)N3CCC(O)CC3)cc2)cc1OCc1c(Cl)ccc(F)c1Cl. The van der Waals surface area contributed by atoms with Crippen LogP contribution in [0.1, 0.15) is 39.3 Å². The van der Waals surface area contributed by atoms with Crippen molar-refractivity contribution in [2.24, 2.45) is 0 Å². The van der Waals surface area contributed by atoms with Crippen LogP contribution in [-0.2, 0) is 6.61 Å². The molecule has 0 radical (unpaired) electrons. The lowest BCUT2D eigenvalue weighted by Gasteiger charge is -2.29. The summed E-state index contributed by atoms with van der Waals surface area (Å²) >= 11 is 12.0. The average Bonchev–Trinajstić information content (AvgIpc) is 2.87. The molecule has 0 aliphatic carbocycles. The van der Waals surface area contributed by atoms with Gasteiger partial charge in [-0.2, -0.15) is 0 Å². The molecule has 1 saturated heterocycles. The molecule has 2 amide bonds. The van der Waals surface area contributed by atoms with Crippen molar-refractivity contribution in [3.05, 3.63) is 75.1 Å². The number of piperidine rings is 1. The Morgan fingerprint density at radius 3 is 2.53 bits per heavy atom. The van der Waals surface area contributed by atoms with Gasteiger partial charge in [-0.3, -0.25) is 9.59 Å². The molecule has 0 spiro atoms. The van der Waals surface area contributed by atoms with Gasteiger partial charge in [0.15, 0.2) is 17.3 Å². The lowest BCUT2D eigenvalue weighted by atomic mass is 10.1. The van der Waals surface area contributed by atoms with E-state index in [1.807, 2.05) is 0 Å². The van der Waals surface area contributed by atoms with Crippen molar-refractivity contribution < 1.29 is 23.8 Å². The van der Waals surface area contributed by atoms with Crippen LogP contribution in [0.5, 0.6) is 5.75 Å². The van der Waals surface area contributed by atoms with E-state index < -0.39 is 11.7 Å². The maximum atomic E-state index is 13.7. The molecule has 1 aliphatic rings. The summed E-state index contributed by atoms with van der Waals surface area (Å²) in [5.74, 6) is -1.41. The van der Waals surface area contributed by atoms with Crippen LogP contribution < -0.4 is 15.8 Å². The smallest absolute Gasteiger partial charge is 0.276 e. The van der Waals surface area contributed by atoms with Crippen LogP contribution in [0.25, 0.3) is 0 Å². The Labute approximate surface area is 216 Å². The Hall–Kier alpha value is -3.47. The number of rotatable bonds is 6. The van der Waals surface area contributed by atoms with E-state index in [1.54, 1.807) is 29.2 Å². The Bertz CT molecular complexity index is 1280. The first-order valence-electron chi connectivity index (χ1n) is 11.0. The zero-order valence-electron chi connectivity index (χ0n) is 18.9. The van der Waals surface area contributed by atoms with Crippen molar-refractivity contribution in [1.82, 2.24) is 15.1 Å². The van der Waals surface area contributed by atoms with Gasteiger partial charge in [0.05, 0.1) is 11.1 Å². The molecule has 1 fully saturated rings. The molecule has 4 rings (SSSR count). The molecule has 2 aromatic carbocycles. The molecule has 2 heterocycles. The molecule has 1 aliphatic heterocycles. The number of ether oxygens (including phenoxy) is 1. The van der Waals surface area contributed by atoms with Crippen molar-refractivity contribution in [2.75, 3.05) is 24.1 Å². The fourth-order valence-corrected chi connectivity index (χ4v) is 4.08.